The third-order valence-electron chi connectivity index (χ3n) is 3.84. The van der Waals surface area contributed by atoms with Gasteiger partial charge in [0.15, 0.2) is 0 Å². The summed E-state index contributed by atoms with van der Waals surface area (Å²) in [5.41, 5.74) is 2.23. The van der Waals surface area contributed by atoms with Gasteiger partial charge < -0.3 is 4.74 Å². The summed E-state index contributed by atoms with van der Waals surface area (Å²) in [5, 5.41) is 0. The lowest BCUT2D eigenvalue weighted by Crippen LogP contribution is -2.13. The van der Waals surface area contributed by atoms with Crippen molar-refractivity contribution >= 4 is 17.6 Å². The Morgan fingerprint density at radius 1 is 1.32 bits per heavy atom. The molecule has 3 heteroatoms. The van der Waals surface area contributed by atoms with Gasteiger partial charge in [-0.1, -0.05) is 39.0 Å². The van der Waals surface area contributed by atoms with Crippen LogP contribution in [0.5, 0.6) is 5.75 Å². The number of hydrogen-bond acceptors (Lipinski definition) is 2. The molecule has 0 amide bonds. The van der Waals surface area contributed by atoms with E-state index in [0.29, 0.717) is 11.8 Å². The SMILES string of the molecule is CC(C)c1cccc([C@@H](C)C2CC2)c1OC(=O)CCl. The zero-order chi connectivity index (χ0) is 14.0. The molecule has 2 nitrogen and oxygen atoms in total. The summed E-state index contributed by atoms with van der Waals surface area (Å²) < 4.78 is 5.52. The Balaban J connectivity index is 2.39. The van der Waals surface area contributed by atoms with E-state index in [4.69, 9.17) is 16.3 Å². The lowest BCUT2D eigenvalue weighted by molar-refractivity contribution is -0.131. The largest absolute Gasteiger partial charge is 0.425 e. The summed E-state index contributed by atoms with van der Waals surface area (Å²) in [6.07, 6.45) is 2.55. The van der Waals surface area contributed by atoms with Crippen LogP contribution in [0, 0.1) is 5.92 Å². The number of esters is 1. The Morgan fingerprint density at radius 2 is 1.95 bits per heavy atom. The molecule has 0 bridgehead atoms. The quantitative estimate of drug-likeness (QED) is 0.452. The third kappa shape index (κ3) is 3.30. The topological polar surface area (TPSA) is 26.3 Å². The number of ether oxygens (including phenoxy) is 1. The van der Waals surface area contributed by atoms with Crippen molar-refractivity contribution in [2.45, 2.75) is 45.4 Å². The molecular weight excluding hydrogens is 260 g/mol. The second-order valence-electron chi connectivity index (χ2n) is 5.65. The van der Waals surface area contributed by atoms with Gasteiger partial charge in [-0.15, -0.1) is 11.6 Å². The highest BCUT2D eigenvalue weighted by molar-refractivity contribution is 6.26. The molecule has 1 aliphatic carbocycles. The van der Waals surface area contributed by atoms with E-state index in [1.807, 2.05) is 6.07 Å². The Hall–Kier alpha value is -1.02. The summed E-state index contributed by atoms with van der Waals surface area (Å²) in [4.78, 5) is 11.6. The van der Waals surface area contributed by atoms with Crippen molar-refractivity contribution in [3.63, 3.8) is 0 Å². The van der Waals surface area contributed by atoms with Crippen LogP contribution in [0.2, 0.25) is 0 Å². The fourth-order valence-electron chi connectivity index (χ4n) is 2.50. The monoisotopic (exact) mass is 280 g/mol. The molecule has 0 N–H and O–H groups in total. The molecule has 0 heterocycles. The van der Waals surface area contributed by atoms with Crippen LogP contribution in [-0.4, -0.2) is 11.8 Å². The molecule has 19 heavy (non-hydrogen) atoms. The highest BCUT2D eigenvalue weighted by Crippen LogP contribution is 2.46. The average Bonchev–Trinajstić information content (AvgIpc) is 3.22. The second-order valence-corrected chi connectivity index (χ2v) is 5.92. The number of halogens is 1. The summed E-state index contributed by atoms with van der Waals surface area (Å²) in [5.74, 6) is 1.75. The van der Waals surface area contributed by atoms with E-state index in [9.17, 15) is 4.79 Å². The number of hydrogen-bond donors (Lipinski definition) is 0. The van der Waals surface area contributed by atoms with Crippen LogP contribution in [-0.2, 0) is 4.79 Å². The number of carbonyl (C=O) groups excluding carboxylic acids is 1. The lowest BCUT2D eigenvalue weighted by Gasteiger charge is -2.20. The molecule has 1 atom stereocenters. The first kappa shape index (κ1) is 14.4. The maximum absolute atomic E-state index is 11.6. The molecule has 0 spiro atoms. The molecule has 1 saturated carbocycles. The standard InChI is InChI=1S/C16H21ClO2/c1-10(2)13-5-4-6-14(11(3)12-7-8-12)16(13)19-15(18)9-17/h4-6,10-12H,7-9H2,1-3H3/t11-/m0/s1. The van der Waals surface area contributed by atoms with Gasteiger partial charge in [0, 0.05) is 0 Å². The van der Waals surface area contributed by atoms with Crippen molar-refractivity contribution in [1.82, 2.24) is 0 Å². The maximum Gasteiger partial charge on any atom is 0.326 e. The first-order chi connectivity index (χ1) is 9.04. The molecule has 1 fully saturated rings. The number of benzene rings is 1. The Morgan fingerprint density at radius 3 is 2.47 bits per heavy atom. The fourth-order valence-corrected chi connectivity index (χ4v) is 2.55. The number of alkyl halides is 1. The molecule has 1 aromatic carbocycles. The maximum atomic E-state index is 11.6. The van der Waals surface area contributed by atoms with Gasteiger partial charge in [-0.2, -0.15) is 0 Å². The predicted molar refractivity (Wildman–Crippen MR) is 78.0 cm³/mol. The number of carbonyl (C=O) groups is 1. The lowest BCUT2D eigenvalue weighted by atomic mass is 9.90. The van der Waals surface area contributed by atoms with Gasteiger partial charge in [-0.25, -0.2) is 0 Å². The Bertz CT molecular complexity index is 464. The minimum atomic E-state index is -0.376. The van der Waals surface area contributed by atoms with E-state index in [2.05, 4.69) is 32.9 Å². The molecule has 0 unspecified atom stereocenters. The molecule has 0 aromatic heterocycles. The summed E-state index contributed by atoms with van der Waals surface area (Å²) >= 11 is 5.57. The van der Waals surface area contributed by atoms with Gasteiger partial charge in [0.2, 0.25) is 0 Å². The van der Waals surface area contributed by atoms with Gasteiger partial charge in [-0.05, 0) is 41.7 Å². The highest BCUT2D eigenvalue weighted by Gasteiger charge is 2.31. The van der Waals surface area contributed by atoms with Crippen LogP contribution >= 0.6 is 11.6 Å². The molecular formula is C16H21ClO2. The fraction of sp³-hybridized carbons (Fsp3) is 0.562. The molecule has 2 rings (SSSR count). The molecule has 1 aromatic rings. The van der Waals surface area contributed by atoms with Gasteiger partial charge in [-0.3, -0.25) is 4.79 Å². The van der Waals surface area contributed by atoms with E-state index in [1.54, 1.807) is 0 Å². The molecule has 104 valence electrons. The molecule has 0 aliphatic heterocycles. The van der Waals surface area contributed by atoms with E-state index in [1.165, 1.54) is 12.8 Å². The minimum Gasteiger partial charge on any atom is -0.425 e. The van der Waals surface area contributed by atoms with Crippen LogP contribution in [0.3, 0.4) is 0 Å². The van der Waals surface area contributed by atoms with Crippen LogP contribution in [0.4, 0.5) is 0 Å². The van der Waals surface area contributed by atoms with Crippen LogP contribution < -0.4 is 4.74 Å². The van der Waals surface area contributed by atoms with Crippen molar-refractivity contribution < 1.29 is 9.53 Å². The number of rotatable bonds is 5. The van der Waals surface area contributed by atoms with Crippen molar-refractivity contribution in [2.24, 2.45) is 5.92 Å². The highest BCUT2D eigenvalue weighted by atomic mass is 35.5. The zero-order valence-corrected chi connectivity index (χ0v) is 12.5. The summed E-state index contributed by atoms with van der Waals surface area (Å²) in [6, 6.07) is 6.16. The smallest absolute Gasteiger partial charge is 0.326 e. The van der Waals surface area contributed by atoms with Gasteiger partial charge >= 0.3 is 5.97 Å². The first-order valence-corrected chi connectivity index (χ1v) is 7.47. The summed E-state index contributed by atoms with van der Waals surface area (Å²) in [6.45, 7) is 6.44. The van der Waals surface area contributed by atoms with Gasteiger partial charge in [0.05, 0.1) is 0 Å². The zero-order valence-electron chi connectivity index (χ0n) is 11.8. The normalized spacial score (nSPS) is 16.5. The Kier molecular flexibility index (Phi) is 4.51. The third-order valence-corrected chi connectivity index (χ3v) is 4.06. The molecule has 0 radical (unpaired) electrons. The average molecular weight is 281 g/mol. The van der Waals surface area contributed by atoms with Crippen LogP contribution in [0.1, 0.15) is 56.6 Å². The van der Waals surface area contributed by atoms with Crippen LogP contribution in [0.15, 0.2) is 18.2 Å². The van der Waals surface area contributed by atoms with Crippen molar-refractivity contribution in [1.29, 1.82) is 0 Å². The van der Waals surface area contributed by atoms with Crippen molar-refractivity contribution in [2.75, 3.05) is 5.88 Å². The van der Waals surface area contributed by atoms with Crippen molar-refractivity contribution in [3.05, 3.63) is 29.3 Å². The van der Waals surface area contributed by atoms with Gasteiger partial charge in [0.25, 0.3) is 0 Å². The van der Waals surface area contributed by atoms with E-state index >= 15 is 0 Å². The molecule has 1 aliphatic rings. The summed E-state index contributed by atoms with van der Waals surface area (Å²) in [7, 11) is 0. The van der Waals surface area contributed by atoms with Gasteiger partial charge in [0.1, 0.15) is 11.6 Å². The van der Waals surface area contributed by atoms with E-state index in [-0.39, 0.29) is 11.8 Å². The Labute approximate surface area is 120 Å². The number of para-hydroxylation sites is 1. The first-order valence-electron chi connectivity index (χ1n) is 6.94. The minimum absolute atomic E-state index is 0.107. The van der Waals surface area contributed by atoms with E-state index in [0.717, 1.165) is 22.8 Å². The van der Waals surface area contributed by atoms with Crippen molar-refractivity contribution in [3.8, 4) is 5.75 Å². The molecule has 0 saturated heterocycles. The predicted octanol–water partition coefficient (Wildman–Crippen LogP) is 4.47. The second kappa shape index (κ2) is 5.96. The van der Waals surface area contributed by atoms with E-state index < -0.39 is 0 Å². The van der Waals surface area contributed by atoms with Crippen LogP contribution in [0.25, 0.3) is 0 Å².